The quantitative estimate of drug-likeness (QED) is 0.261. The van der Waals surface area contributed by atoms with Gasteiger partial charge < -0.3 is 5.32 Å². The Labute approximate surface area is 81.4 Å². The van der Waals surface area contributed by atoms with Crippen molar-refractivity contribution in [1.82, 2.24) is 10.7 Å². The van der Waals surface area contributed by atoms with E-state index >= 15 is 0 Å². The summed E-state index contributed by atoms with van der Waals surface area (Å²) in [6.07, 6.45) is 5.65. The van der Waals surface area contributed by atoms with Gasteiger partial charge in [-0.3, -0.25) is 5.84 Å². The summed E-state index contributed by atoms with van der Waals surface area (Å²) in [6.45, 7) is 6.47. The molecule has 0 amide bonds. The van der Waals surface area contributed by atoms with E-state index in [-0.39, 0.29) is 0 Å². The van der Waals surface area contributed by atoms with Gasteiger partial charge >= 0.3 is 0 Å². The molecule has 0 bridgehead atoms. The smallest absolute Gasteiger partial charge is 0.0587 e. The lowest BCUT2D eigenvalue weighted by Crippen LogP contribution is -2.41. The molecule has 78 valence electrons. The van der Waals surface area contributed by atoms with Crippen LogP contribution in [0, 0.1) is 11.3 Å². The first-order valence-corrected chi connectivity index (χ1v) is 5.31. The summed E-state index contributed by atoms with van der Waals surface area (Å²) in [4.78, 5) is 0. The molecule has 0 spiro atoms. The zero-order valence-electron chi connectivity index (χ0n) is 8.90. The van der Waals surface area contributed by atoms with E-state index in [0.717, 1.165) is 12.5 Å². The van der Waals surface area contributed by atoms with Crippen molar-refractivity contribution in [3.8, 4) is 0 Å². The summed E-state index contributed by atoms with van der Waals surface area (Å²) in [5, 5.41) is 3.32. The molecule has 4 N–H and O–H groups in total. The highest BCUT2D eigenvalue weighted by Gasteiger charge is 2.30. The van der Waals surface area contributed by atoms with Crippen molar-refractivity contribution < 1.29 is 0 Å². The third-order valence-corrected chi connectivity index (χ3v) is 3.27. The molecule has 1 aliphatic rings. The molecule has 0 radical (unpaired) electrons. The van der Waals surface area contributed by atoms with Crippen LogP contribution in [0.4, 0.5) is 0 Å². The van der Waals surface area contributed by atoms with Crippen LogP contribution in [0.5, 0.6) is 0 Å². The van der Waals surface area contributed by atoms with E-state index < -0.39 is 0 Å². The highest BCUT2D eigenvalue weighted by molar-refractivity contribution is 4.83. The molecule has 3 heteroatoms. The highest BCUT2D eigenvalue weighted by atomic mass is 15.3. The third-order valence-electron chi connectivity index (χ3n) is 3.27. The average molecular weight is 185 g/mol. The van der Waals surface area contributed by atoms with Crippen LogP contribution < -0.4 is 16.6 Å². The van der Waals surface area contributed by atoms with Gasteiger partial charge in [-0.25, -0.2) is 5.43 Å². The molecule has 0 aromatic heterocycles. The summed E-state index contributed by atoms with van der Waals surface area (Å²) in [7, 11) is 0. The molecule has 0 heterocycles. The van der Waals surface area contributed by atoms with Crippen molar-refractivity contribution in [3.63, 3.8) is 0 Å². The van der Waals surface area contributed by atoms with Crippen LogP contribution in [0.15, 0.2) is 0 Å². The molecule has 1 rings (SSSR count). The minimum absolute atomic E-state index is 0.424. The number of hydrogen-bond acceptors (Lipinski definition) is 3. The lowest BCUT2D eigenvalue weighted by Gasteiger charge is -2.31. The standard InChI is InChI=1S/C10H23N3/c1-10(2,7-12-8-13-11)9-5-3-4-6-9/h9,12-13H,3-8,11H2,1-2H3. The molecule has 1 fully saturated rings. The van der Waals surface area contributed by atoms with Gasteiger partial charge in [-0.05, 0) is 24.2 Å². The molecule has 0 aromatic carbocycles. The maximum absolute atomic E-state index is 5.20. The van der Waals surface area contributed by atoms with Gasteiger partial charge in [-0.2, -0.15) is 0 Å². The SMILES string of the molecule is CC(C)(CNCNN)C1CCCC1. The largest absolute Gasteiger partial charge is 0.303 e. The van der Waals surface area contributed by atoms with Gasteiger partial charge in [0.2, 0.25) is 0 Å². The van der Waals surface area contributed by atoms with Crippen LogP contribution in [-0.2, 0) is 0 Å². The van der Waals surface area contributed by atoms with Crippen LogP contribution in [0.3, 0.4) is 0 Å². The van der Waals surface area contributed by atoms with Crippen molar-refractivity contribution in [3.05, 3.63) is 0 Å². The lowest BCUT2D eigenvalue weighted by atomic mass is 9.78. The lowest BCUT2D eigenvalue weighted by molar-refractivity contribution is 0.207. The highest BCUT2D eigenvalue weighted by Crippen LogP contribution is 2.38. The Morgan fingerprint density at radius 3 is 2.46 bits per heavy atom. The maximum atomic E-state index is 5.20. The van der Waals surface area contributed by atoms with E-state index in [0.29, 0.717) is 12.1 Å². The zero-order valence-corrected chi connectivity index (χ0v) is 8.90. The van der Waals surface area contributed by atoms with E-state index in [2.05, 4.69) is 24.6 Å². The fourth-order valence-electron chi connectivity index (χ4n) is 2.31. The van der Waals surface area contributed by atoms with Crippen molar-refractivity contribution in [2.24, 2.45) is 17.2 Å². The number of hydrogen-bond donors (Lipinski definition) is 3. The van der Waals surface area contributed by atoms with Gasteiger partial charge in [0.15, 0.2) is 0 Å². The third kappa shape index (κ3) is 3.25. The number of nitrogens with two attached hydrogens (primary N) is 1. The van der Waals surface area contributed by atoms with Crippen LogP contribution in [0.25, 0.3) is 0 Å². The molecule has 0 atom stereocenters. The maximum Gasteiger partial charge on any atom is 0.0587 e. The normalized spacial score (nSPS) is 19.6. The second kappa shape index (κ2) is 4.94. The molecule has 1 aliphatic carbocycles. The molecule has 0 aliphatic heterocycles. The van der Waals surface area contributed by atoms with Gasteiger partial charge in [0.05, 0.1) is 6.67 Å². The topological polar surface area (TPSA) is 50.1 Å². The van der Waals surface area contributed by atoms with Crippen molar-refractivity contribution in [2.45, 2.75) is 39.5 Å². The van der Waals surface area contributed by atoms with E-state index in [1.807, 2.05) is 0 Å². The van der Waals surface area contributed by atoms with Crippen LogP contribution in [0.1, 0.15) is 39.5 Å². The molecule has 0 unspecified atom stereocenters. The molecule has 0 saturated heterocycles. The Morgan fingerprint density at radius 1 is 1.31 bits per heavy atom. The molecular weight excluding hydrogens is 162 g/mol. The van der Waals surface area contributed by atoms with E-state index in [1.165, 1.54) is 25.7 Å². The predicted molar refractivity (Wildman–Crippen MR) is 55.9 cm³/mol. The number of rotatable bonds is 5. The summed E-state index contributed by atoms with van der Waals surface area (Å²) < 4.78 is 0. The van der Waals surface area contributed by atoms with Gasteiger partial charge in [0, 0.05) is 6.54 Å². The van der Waals surface area contributed by atoms with Gasteiger partial charge in [-0.15, -0.1) is 0 Å². The minimum atomic E-state index is 0.424. The molecule has 13 heavy (non-hydrogen) atoms. The summed E-state index contributed by atoms with van der Waals surface area (Å²) in [5.74, 6) is 6.10. The predicted octanol–water partition coefficient (Wildman–Crippen LogP) is 1.21. The molecular formula is C10H23N3. The first-order valence-electron chi connectivity index (χ1n) is 5.31. The molecule has 1 saturated carbocycles. The monoisotopic (exact) mass is 185 g/mol. The van der Waals surface area contributed by atoms with Gasteiger partial charge in [-0.1, -0.05) is 26.7 Å². The number of nitrogens with one attached hydrogen (secondary N) is 2. The zero-order chi connectivity index (χ0) is 9.73. The van der Waals surface area contributed by atoms with E-state index in [4.69, 9.17) is 5.84 Å². The average Bonchev–Trinajstić information content (AvgIpc) is 2.56. The summed E-state index contributed by atoms with van der Waals surface area (Å²) >= 11 is 0. The van der Waals surface area contributed by atoms with Crippen LogP contribution in [-0.4, -0.2) is 13.2 Å². The Hall–Kier alpha value is -0.120. The number of hydrazine groups is 1. The fourth-order valence-corrected chi connectivity index (χ4v) is 2.31. The Bertz CT molecular complexity index is 139. The van der Waals surface area contributed by atoms with Crippen molar-refractivity contribution in [2.75, 3.05) is 13.2 Å². The first kappa shape index (κ1) is 11.0. The first-order chi connectivity index (χ1) is 6.17. The Kier molecular flexibility index (Phi) is 4.16. The Balaban J connectivity index is 2.26. The second-order valence-electron chi connectivity index (χ2n) is 4.78. The molecule has 0 aromatic rings. The van der Waals surface area contributed by atoms with Crippen molar-refractivity contribution >= 4 is 0 Å². The van der Waals surface area contributed by atoms with Gasteiger partial charge in [0.1, 0.15) is 0 Å². The Morgan fingerprint density at radius 2 is 1.92 bits per heavy atom. The van der Waals surface area contributed by atoms with E-state index in [1.54, 1.807) is 0 Å². The molecule has 3 nitrogen and oxygen atoms in total. The summed E-state index contributed by atoms with van der Waals surface area (Å²) in [6, 6.07) is 0. The van der Waals surface area contributed by atoms with Crippen molar-refractivity contribution in [1.29, 1.82) is 0 Å². The van der Waals surface area contributed by atoms with Crippen LogP contribution >= 0.6 is 0 Å². The van der Waals surface area contributed by atoms with E-state index in [9.17, 15) is 0 Å². The minimum Gasteiger partial charge on any atom is -0.303 e. The van der Waals surface area contributed by atoms with Gasteiger partial charge in [0.25, 0.3) is 0 Å². The summed E-state index contributed by atoms with van der Waals surface area (Å²) in [5.41, 5.74) is 3.04. The fraction of sp³-hybridized carbons (Fsp3) is 1.00. The second-order valence-corrected chi connectivity index (χ2v) is 4.78. The van der Waals surface area contributed by atoms with Crippen LogP contribution in [0.2, 0.25) is 0 Å².